The summed E-state index contributed by atoms with van der Waals surface area (Å²) in [6, 6.07) is 9.45. The molecular formula is C19H24N4O3. The van der Waals surface area contributed by atoms with Crippen LogP contribution in [-0.2, 0) is 4.79 Å². The van der Waals surface area contributed by atoms with E-state index in [1.165, 1.54) is 0 Å². The van der Waals surface area contributed by atoms with Gasteiger partial charge in [0.2, 0.25) is 5.91 Å². The van der Waals surface area contributed by atoms with E-state index in [0.29, 0.717) is 18.0 Å². The number of nitrogens with zero attached hydrogens (tertiary/aromatic N) is 3. The van der Waals surface area contributed by atoms with E-state index in [9.17, 15) is 9.59 Å². The third-order valence-electron chi connectivity index (χ3n) is 4.56. The van der Waals surface area contributed by atoms with Crippen molar-refractivity contribution in [2.45, 2.75) is 20.3 Å². The molecule has 0 radical (unpaired) electrons. The standard InChI is InChI=1S/C19H24N4O3/c1-14-13-18(21-26-14)20-19(25)7-8-22-9-11-23(12-10-22)17-5-3-16(4-6-17)15(2)24/h3-6,13H,7-12H2,1-2H3,(H,20,21,25). The van der Waals surface area contributed by atoms with E-state index < -0.39 is 0 Å². The highest BCUT2D eigenvalue weighted by molar-refractivity contribution is 5.94. The van der Waals surface area contributed by atoms with Gasteiger partial charge in [-0.05, 0) is 38.1 Å². The van der Waals surface area contributed by atoms with E-state index in [4.69, 9.17) is 4.52 Å². The van der Waals surface area contributed by atoms with Gasteiger partial charge in [-0.25, -0.2) is 0 Å². The van der Waals surface area contributed by atoms with Gasteiger partial charge in [0.25, 0.3) is 0 Å². The van der Waals surface area contributed by atoms with Crippen LogP contribution in [0.15, 0.2) is 34.9 Å². The largest absolute Gasteiger partial charge is 0.369 e. The van der Waals surface area contributed by atoms with Crippen molar-refractivity contribution in [1.82, 2.24) is 10.1 Å². The Morgan fingerprint density at radius 1 is 1.15 bits per heavy atom. The van der Waals surface area contributed by atoms with Gasteiger partial charge >= 0.3 is 0 Å². The number of amides is 1. The Hall–Kier alpha value is -2.67. The summed E-state index contributed by atoms with van der Waals surface area (Å²) in [5.41, 5.74) is 1.87. The maximum Gasteiger partial charge on any atom is 0.226 e. The normalized spacial score (nSPS) is 15.1. The molecular weight excluding hydrogens is 332 g/mol. The minimum absolute atomic E-state index is 0.0550. The Bertz CT molecular complexity index is 761. The maximum absolute atomic E-state index is 12.0. The van der Waals surface area contributed by atoms with E-state index in [-0.39, 0.29) is 11.7 Å². The van der Waals surface area contributed by atoms with Crippen LogP contribution in [0.3, 0.4) is 0 Å². The van der Waals surface area contributed by atoms with Crippen molar-refractivity contribution in [2.24, 2.45) is 0 Å². The van der Waals surface area contributed by atoms with Crippen LogP contribution in [0.4, 0.5) is 11.5 Å². The zero-order chi connectivity index (χ0) is 18.5. The van der Waals surface area contributed by atoms with Crippen molar-refractivity contribution in [3.63, 3.8) is 0 Å². The SMILES string of the molecule is CC(=O)c1ccc(N2CCN(CCC(=O)Nc3cc(C)on3)CC2)cc1. The summed E-state index contributed by atoms with van der Waals surface area (Å²) in [5, 5.41) is 6.51. The zero-order valence-electron chi connectivity index (χ0n) is 15.2. The molecule has 1 amide bonds. The van der Waals surface area contributed by atoms with Crippen LogP contribution in [0.25, 0.3) is 0 Å². The predicted octanol–water partition coefficient (Wildman–Crippen LogP) is 2.34. The molecule has 0 spiro atoms. The highest BCUT2D eigenvalue weighted by Crippen LogP contribution is 2.18. The molecule has 1 aliphatic rings. The van der Waals surface area contributed by atoms with Crippen molar-refractivity contribution in [3.05, 3.63) is 41.7 Å². The molecule has 26 heavy (non-hydrogen) atoms. The van der Waals surface area contributed by atoms with Crippen molar-refractivity contribution >= 4 is 23.2 Å². The summed E-state index contributed by atoms with van der Waals surface area (Å²) in [7, 11) is 0. The first kappa shape index (κ1) is 18.1. The minimum Gasteiger partial charge on any atom is -0.369 e. The van der Waals surface area contributed by atoms with Crippen LogP contribution < -0.4 is 10.2 Å². The fourth-order valence-corrected chi connectivity index (χ4v) is 3.03. The summed E-state index contributed by atoms with van der Waals surface area (Å²) in [6.45, 7) is 7.71. The predicted molar refractivity (Wildman–Crippen MR) is 99.6 cm³/mol. The zero-order valence-corrected chi connectivity index (χ0v) is 15.2. The lowest BCUT2D eigenvalue weighted by Crippen LogP contribution is -2.47. The van der Waals surface area contributed by atoms with E-state index in [2.05, 4.69) is 20.3 Å². The lowest BCUT2D eigenvalue weighted by molar-refractivity contribution is -0.116. The van der Waals surface area contributed by atoms with Gasteiger partial charge in [-0.3, -0.25) is 14.5 Å². The smallest absolute Gasteiger partial charge is 0.226 e. The lowest BCUT2D eigenvalue weighted by Gasteiger charge is -2.36. The van der Waals surface area contributed by atoms with Crippen molar-refractivity contribution in [1.29, 1.82) is 0 Å². The van der Waals surface area contributed by atoms with Crippen LogP contribution in [0.5, 0.6) is 0 Å². The van der Waals surface area contributed by atoms with Gasteiger partial charge in [0.15, 0.2) is 11.6 Å². The fourth-order valence-electron chi connectivity index (χ4n) is 3.03. The fraction of sp³-hybridized carbons (Fsp3) is 0.421. The Morgan fingerprint density at radius 3 is 2.42 bits per heavy atom. The molecule has 7 nitrogen and oxygen atoms in total. The third kappa shape index (κ3) is 4.70. The summed E-state index contributed by atoms with van der Waals surface area (Å²) < 4.78 is 4.93. The topological polar surface area (TPSA) is 78.7 Å². The summed E-state index contributed by atoms with van der Waals surface area (Å²) >= 11 is 0. The molecule has 3 rings (SSSR count). The molecule has 0 atom stereocenters. The number of hydrogen-bond donors (Lipinski definition) is 1. The van der Waals surface area contributed by atoms with E-state index >= 15 is 0 Å². The number of Topliss-reactive ketones (excluding diaryl/α,β-unsaturated/α-hetero) is 1. The van der Waals surface area contributed by atoms with Gasteiger partial charge in [0, 0.05) is 56.5 Å². The Balaban J connectivity index is 1.42. The number of hydrogen-bond acceptors (Lipinski definition) is 6. The molecule has 2 heterocycles. The molecule has 0 bridgehead atoms. The maximum atomic E-state index is 12.0. The number of anilines is 2. The van der Waals surface area contributed by atoms with Crippen LogP contribution in [0.1, 0.15) is 29.5 Å². The summed E-state index contributed by atoms with van der Waals surface area (Å²) in [6.07, 6.45) is 0.430. The first-order chi connectivity index (χ1) is 12.5. The van der Waals surface area contributed by atoms with Crippen LogP contribution >= 0.6 is 0 Å². The number of rotatable bonds is 6. The number of ketones is 1. The number of aryl methyl sites for hydroxylation is 1. The molecule has 1 saturated heterocycles. The summed E-state index contributed by atoms with van der Waals surface area (Å²) in [5.74, 6) is 1.17. The summed E-state index contributed by atoms with van der Waals surface area (Å²) in [4.78, 5) is 27.9. The average Bonchev–Trinajstić information content (AvgIpc) is 3.05. The van der Waals surface area contributed by atoms with Crippen molar-refractivity contribution < 1.29 is 14.1 Å². The number of nitrogens with one attached hydrogen (secondary N) is 1. The van der Waals surface area contributed by atoms with Crippen LogP contribution in [0, 0.1) is 6.92 Å². The monoisotopic (exact) mass is 356 g/mol. The second kappa shape index (κ2) is 8.14. The quantitative estimate of drug-likeness (QED) is 0.801. The molecule has 1 aliphatic heterocycles. The van der Waals surface area contributed by atoms with Crippen LogP contribution in [0.2, 0.25) is 0 Å². The van der Waals surface area contributed by atoms with Gasteiger partial charge in [0.1, 0.15) is 5.76 Å². The first-order valence-corrected chi connectivity index (χ1v) is 8.83. The first-order valence-electron chi connectivity index (χ1n) is 8.83. The van der Waals surface area contributed by atoms with E-state index in [0.717, 1.165) is 44.0 Å². The van der Waals surface area contributed by atoms with Crippen molar-refractivity contribution in [2.75, 3.05) is 42.9 Å². The number of aromatic nitrogens is 1. The Morgan fingerprint density at radius 2 is 1.85 bits per heavy atom. The molecule has 1 aromatic carbocycles. The number of piperazine rings is 1. The van der Waals surface area contributed by atoms with Gasteiger partial charge in [-0.1, -0.05) is 5.16 Å². The average molecular weight is 356 g/mol. The third-order valence-corrected chi connectivity index (χ3v) is 4.56. The number of carbonyl (C=O) groups excluding carboxylic acids is 2. The van der Waals surface area contributed by atoms with E-state index in [1.807, 2.05) is 24.3 Å². The lowest BCUT2D eigenvalue weighted by atomic mass is 10.1. The highest BCUT2D eigenvalue weighted by atomic mass is 16.5. The molecule has 1 fully saturated rings. The Kier molecular flexibility index (Phi) is 5.68. The van der Waals surface area contributed by atoms with Gasteiger partial charge in [-0.15, -0.1) is 0 Å². The molecule has 1 N–H and O–H groups in total. The molecule has 138 valence electrons. The second-order valence-corrected chi connectivity index (χ2v) is 6.55. The number of carbonyl (C=O) groups is 2. The second-order valence-electron chi connectivity index (χ2n) is 6.55. The van der Waals surface area contributed by atoms with Crippen molar-refractivity contribution in [3.8, 4) is 0 Å². The minimum atomic E-state index is -0.0550. The molecule has 0 aliphatic carbocycles. The highest BCUT2D eigenvalue weighted by Gasteiger charge is 2.18. The van der Waals surface area contributed by atoms with Gasteiger partial charge in [-0.2, -0.15) is 0 Å². The molecule has 1 aromatic heterocycles. The molecule has 0 unspecified atom stereocenters. The van der Waals surface area contributed by atoms with E-state index in [1.54, 1.807) is 19.9 Å². The molecule has 0 saturated carbocycles. The van der Waals surface area contributed by atoms with Crippen LogP contribution in [-0.4, -0.2) is 54.5 Å². The van der Waals surface area contributed by atoms with Gasteiger partial charge in [0.05, 0.1) is 0 Å². The number of benzene rings is 1. The molecule has 7 heteroatoms. The Labute approximate surface area is 152 Å². The molecule has 2 aromatic rings. The van der Waals surface area contributed by atoms with Gasteiger partial charge < -0.3 is 14.7 Å².